The van der Waals surface area contributed by atoms with Gasteiger partial charge in [-0.05, 0) is 19.1 Å². The molecule has 5 rings (SSSR count). The summed E-state index contributed by atoms with van der Waals surface area (Å²) in [5, 5.41) is 17.8. The Bertz CT molecular complexity index is 1210. The molecule has 0 bridgehead atoms. The van der Waals surface area contributed by atoms with Gasteiger partial charge in [0, 0.05) is 28.3 Å². The number of pyridine rings is 1. The zero-order chi connectivity index (χ0) is 19.4. The van der Waals surface area contributed by atoms with Crippen LogP contribution in [0.3, 0.4) is 0 Å². The van der Waals surface area contributed by atoms with E-state index in [2.05, 4.69) is 21.3 Å². The Balaban J connectivity index is 1.75. The highest BCUT2D eigenvalue weighted by Gasteiger charge is 2.36. The lowest BCUT2D eigenvalue weighted by Gasteiger charge is -2.24. The van der Waals surface area contributed by atoms with Crippen molar-refractivity contribution < 1.29 is 14.2 Å². The lowest BCUT2D eigenvalue weighted by Crippen LogP contribution is -2.21. The standard InChI is InChI=1S/C19H14ClN5O3/c1-8-15-16(11(7-21)18(22)28-19(15)25-24-8)10-4-9-5-13-14(27-3-2-26-13)6-12(9)23-17(10)20/h4-6,16H,2-3,22H2,1H3,(H,24,25). The minimum atomic E-state index is -0.537. The highest BCUT2D eigenvalue weighted by Crippen LogP contribution is 2.45. The fourth-order valence-electron chi connectivity index (χ4n) is 3.62. The smallest absolute Gasteiger partial charge is 0.244 e. The minimum absolute atomic E-state index is 0.00448. The lowest BCUT2D eigenvalue weighted by molar-refractivity contribution is 0.172. The zero-order valence-corrected chi connectivity index (χ0v) is 15.5. The largest absolute Gasteiger partial charge is 0.486 e. The summed E-state index contributed by atoms with van der Waals surface area (Å²) >= 11 is 6.55. The van der Waals surface area contributed by atoms with Gasteiger partial charge in [-0.25, -0.2) is 4.98 Å². The van der Waals surface area contributed by atoms with Crippen molar-refractivity contribution in [3.05, 3.63) is 51.6 Å². The Hall–Kier alpha value is -3.44. The van der Waals surface area contributed by atoms with Crippen molar-refractivity contribution in [3.8, 4) is 23.4 Å². The second kappa shape index (κ2) is 6.04. The van der Waals surface area contributed by atoms with Gasteiger partial charge in [-0.3, -0.25) is 5.10 Å². The summed E-state index contributed by atoms with van der Waals surface area (Å²) < 4.78 is 16.8. The highest BCUT2D eigenvalue weighted by molar-refractivity contribution is 6.30. The van der Waals surface area contributed by atoms with Crippen molar-refractivity contribution >= 4 is 22.5 Å². The molecule has 140 valence electrons. The second-order valence-corrected chi connectivity index (χ2v) is 6.91. The number of nitriles is 1. The molecule has 4 heterocycles. The maximum atomic E-state index is 9.71. The van der Waals surface area contributed by atoms with Gasteiger partial charge in [0.05, 0.1) is 11.4 Å². The van der Waals surface area contributed by atoms with Crippen molar-refractivity contribution in [1.82, 2.24) is 15.2 Å². The molecule has 2 aromatic heterocycles. The SMILES string of the molecule is Cc1[nH]nc2c1C(c1cc3cc4c(cc3nc1Cl)OCCO4)C(C#N)=C(N)O2. The second-order valence-electron chi connectivity index (χ2n) is 6.55. The van der Waals surface area contributed by atoms with E-state index in [1.165, 1.54) is 0 Å². The maximum Gasteiger partial charge on any atom is 0.244 e. The van der Waals surface area contributed by atoms with Crippen LogP contribution < -0.4 is 19.9 Å². The first-order valence-electron chi connectivity index (χ1n) is 8.59. The minimum Gasteiger partial charge on any atom is -0.486 e. The molecule has 2 aliphatic rings. The number of nitrogens with two attached hydrogens (primary N) is 1. The molecule has 0 amide bonds. The third-order valence-corrected chi connectivity index (χ3v) is 5.20. The third-order valence-electron chi connectivity index (χ3n) is 4.90. The predicted molar refractivity (Wildman–Crippen MR) is 100 cm³/mol. The number of aromatic nitrogens is 3. The molecule has 8 nitrogen and oxygen atoms in total. The lowest BCUT2D eigenvalue weighted by atomic mass is 9.84. The average molecular weight is 396 g/mol. The Labute approximate surface area is 164 Å². The maximum absolute atomic E-state index is 9.71. The van der Waals surface area contributed by atoms with Gasteiger partial charge in [-0.1, -0.05) is 11.6 Å². The molecule has 0 spiro atoms. The Morgan fingerprint density at radius 3 is 2.75 bits per heavy atom. The van der Waals surface area contributed by atoms with Gasteiger partial charge in [-0.15, -0.1) is 5.10 Å². The van der Waals surface area contributed by atoms with Crippen LogP contribution in [0.15, 0.2) is 29.7 Å². The number of ether oxygens (including phenoxy) is 3. The van der Waals surface area contributed by atoms with Crippen LogP contribution in [0.5, 0.6) is 17.4 Å². The van der Waals surface area contributed by atoms with Crippen molar-refractivity contribution in [2.45, 2.75) is 12.8 Å². The van der Waals surface area contributed by atoms with E-state index < -0.39 is 5.92 Å². The number of nitrogens with zero attached hydrogens (tertiary/aromatic N) is 3. The quantitative estimate of drug-likeness (QED) is 0.608. The number of halogens is 1. The van der Waals surface area contributed by atoms with E-state index in [-0.39, 0.29) is 16.6 Å². The fraction of sp³-hybridized carbons (Fsp3) is 0.211. The first kappa shape index (κ1) is 16.7. The number of fused-ring (bicyclic) bond motifs is 3. The number of allylic oxidation sites excluding steroid dienone is 1. The number of rotatable bonds is 1. The van der Waals surface area contributed by atoms with E-state index in [1.54, 1.807) is 6.07 Å². The molecule has 0 saturated carbocycles. The zero-order valence-electron chi connectivity index (χ0n) is 14.7. The summed E-state index contributed by atoms with van der Waals surface area (Å²) in [6, 6.07) is 7.69. The molecule has 28 heavy (non-hydrogen) atoms. The number of hydrogen-bond donors (Lipinski definition) is 2. The van der Waals surface area contributed by atoms with Crippen molar-refractivity contribution in [2.24, 2.45) is 5.73 Å². The summed E-state index contributed by atoms with van der Waals surface area (Å²) in [6.45, 7) is 2.83. The van der Waals surface area contributed by atoms with Crippen LogP contribution in [0.1, 0.15) is 22.7 Å². The number of aromatic amines is 1. The molecule has 3 aromatic rings. The molecule has 0 saturated heterocycles. The van der Waals surface area contributed by atoms with E-state index >= 15 is 0 Å². The van der Waals surface area contributed by atoms with Crippen LogP contribution >= 0.6 is 11.6 Å². The molecular formula is C19H14ClN5O3. The third kappa shape index (κ3) is 2.37. The van der Waals surface area contributed by atoms with E-state index in [1.807, 2.05) is 19.1 Å². The predicted octanol–water partition coefficient (Wildman–Crippen LogP) is 2.91. The first-order valence-corrected chi connectivity index (χ1v) is 8.97. The number of H-pyrrole nitrogens is 1. The monoisotopic (exact) mass is 395 g/mol. The van der Waals surface area contributed by atoms with Gasteiger partial charge in [0.15, 0.2) is 11.5 Å². The van der Waals surface area contributed by atoms with Crippen LogP contribution in [0.25, 0.3) is 10.9 Å². The topological polar surface area (TPSA) is 119 Å². The van der Waals surface area contributed by atoms with Crippen LogP contribution in [0, 0.1) is 18.3 Å². The van der Waals surface area contributed by atoms with Crippen LogP contribution in [0.4, 0.5) is 0 Å². The molecule has 0 aliphatic carbocycles. The van der Waals surface area contributed by atoms with Gasteiger partial charge < -0.3 is 19.9 Å². The van der Waals surface area contributed by atoms with E-state index in [0.29, 0.717) is 47.2 Å². The Kier molecular flexibility index (Phi) is 3.60. The molecular weight excluding hydrogens is 382 g/mol. The summed E-state index contributed by atoms with van der Waals surface area (Å²) in [5.41, 5.74) is 9.02. The normalized spacial score (nSPS) is 17.8. The van der Waals surface area contributed by atoms with Crippen molar-refractivity contribution in [2.75, 3.05) is 13.2 Å². The van der Waals surface area contributed by atoms with E-state index in [4.69, 9.17) is 31.5 Å². The van der Waals surface area contributed by atoms with Gasteiger partial charge >= 0.3 is 0 Å². The number of nitrogens with one attached hydrogen (secondary N) is 1. The van der Waals surface area contributed by atoms with Gasteiger partial charge in [0.2, 0.25) is 11.8 Å². The van der Waals surface area contributed by atoms with Gasteiger partial charge in [0.1, 0.15) is 30.0 Å². The number of aryl methyl sites for hydroxylation is 1. The fourth-order valence-corrected chi connectivity index (χ4v) is 3.87. The van der Waals surface area contributed by atoms with Gasteiger partial charge in [0.25, 0.3) is 0 Å². The highest BCUT2D eigenvalue weighted by atomic mass is 35.5. The van der Waals surface area contributed by atoms with E-state index in [0.717, 1.165) is 11.1 Å². The summed E-state index contributed by atoms with van der Waals surface area (Å²) in [6.07, 6.45) is 0. The van der Waals surface area contributed by atoms with Crippen molar-refractivity contribution in [3.63, 3.8) is 0 Å². The van der Waals surface area contributed by atoms with Crippen LogP contribution in [-0.4, -0.2) is 28.4 Å². The molecule has 0 fully saturated rings. The van der Waals surface area contributed by atoms with Gasteiger partial charge in [-0.2, -0.15) is 5.26 Å². The molecule has 1 atom stereocenters. The Morgan fingerprint density at radius 2 is 2.00 bits per heavy atom. The number of hydrogen-bond acceptors (Lipinski definition) is 7. The van der Waals surface area contributed by atoms with Crippen LogP contribution in [0.2, 0.25) is 5.15 Å². The average Bonchev–Trinajstić information content (AvgIpc) is 3.05. The Morgan fingerprint density at radius 1 is 1.25 bits per heavy atom. The number of benzene rings is 1. The molecule has 1 unspecified atom stereocenters. The molecule has 2 aliphatic heterocycles. The summed E-state index contributed by atoms with van der Waals surface area (Å²) in [5.74, 6) is 1.08. The van der Waals surface area contributed by atoms with E-state index in [9.17, 15) is 5.26 Å². The van der Waals surface area contributed by atoms with Crippen LogP contribution in [-0.2, 0) is 0 Å². The first-order chi connectivity index (χ1) is 13.6. The molecule has 0 radical (unpaired) electrons. The molecule has 9 heteroatoms. The molecule has 3 N–H and O–H groups in total. The van der Waals surface area contributed by atoms with Crippen molar-refractivity contribution in [1.29, 1.82) is 5.26 Å². The molecule has 1 aromatic carbocycles. The summed E-state index contributed by atoms with van der Waals surface area (Å²) in [7, 11) is 0. The summed E-state index contributed by atoms with van der Waals surface area (Å²) in [4.78, 5) is 4.53.